The Bertz CT molecular complexity index is 566. The Hall–Kier alpha value is -1.82. The first-order valence-corrected chi connectivity index (χ1v) is 7.05. The summed E-state index contributed by atoms with van der Waals surface area (Å²) >= 11 is 6.08. The zero-order chi connectivity index (χ0) is 16.2. The van der Waals surface area contributed by atoms with E-state index in [1.807, 2.05) is 13.8 Å². The summed E-state index contributed by atoms with van der Waals surface area (Å²) in [5, 5.41) is 13.5. The van der Waals surface area contributed by atoms with Gasteiger partial charge in [-0.3, -0.25) is 14.3 Å². The summed E-state index contributed by atoms with van der Waals surface area (Å²) in [6.07, 6.45) is 3.59. The highest BCUT2D eigenvalue weighted by atomic mass is 35.5. The highest BCUT2D eigenvalue weighted by Crippen LogP contribution is 2.20. The molecule has 1 heterocycles. The largest absolute Gasteiger partial charge is 0.480 e. The van der Waals surface area contributed by atoms with Crippen LogP contribution in [0.15, 0.2) is 6.08 Å². The summed E-state index contributed by atoms with van der Waals surface area (Å²) in [4.78, 5) is 24.4. The van der Waals surface area contributed by atoms with Gasteiger partial charge in [0.1, 0.15) is 11.7 Å². The molecular weight excluding hydrogens is 294 g/mol. The summed E-state index contributed by atoms with van der Waals surface area (Å²) in [6.45, 7) is 5.19. The van der Waals surface area contributed by atoms with Gasteiger partial charge in [-0.05, 0) is 26.3 Å². The molecule has 116 valence electrons. The number of halogens is 1. The maximum Gasteiger partial charge on any atom is 0.323 e. The fourth-order valence-electron chi connectivity index (χ4n) is 1.90. The molecule has 1 amide bonds. The van der Waals surface area contributed by atoms with Gasteiger partial charge in [0, 0.05) is 24.7 Å². The third-order valence-electron chi connectivity index (χ3n) is 3.30. The van der Waals surface area contributed by atoms with Gasteiger partial charge < -0.3 is 10.0 Å². The number of rotatable bonds is 6. The van der Waals surface area contributed by atoms with Crippen molar-refractivity contribution in [3.63, 3.8) is 0 Å². The van der Waals surface area contributed by atoms with Crippen molar-refractivity contribution < 1.29 is 14.7 Å². The molecule has 21 heavy (non-hydrogen) atoms. The van der Waals surface area contributed by atoms with Crippen LogP contribution in [0, 0.1) is 6.92 Å². The molecule has 1 N–H and O–H groups in total. The predicted octanol–water partition coefficient (Wildman–Crippen LogP) is 2.11. The van der Waals surface area contributed by atoms with Gasteiger partial charge in [0.05, 0.1) is 5.69 Å². The van der Waals surface area contributed by atoms with E-state index >= 15 is 0 Å². The number of carbonyl (C=O) groups excluding carboxylic acids is 1. The molecule has 0 fully saturated rings. The van der Waals surface area contributed by atoms with Crippen molar-refractivity contribution in [2.24, 2.45) is 7.05 Å². The summed E-state index contributed by atoms with van der Waals surface area (Å²) in [6, 6.07) is -0.149. The predicted molar refractivity (Wildman–Crippen MR) is 81.1 cm³/mol. The minimum Gasteiger partial charge on any atom is -0.480 e. The Morgan fingerprint density at radius 1 is 1.52 bits per heavy atom. The van der Waals surface area contributed by atoms with Gasteiger partial charge >= 0.3 is 5.97 Å². The monoisotopic (exact) mass is 313 g/mol. The molecule has 0 bridgehead atoms. The van der Waals surface area contributed by atoms with E-state index < -0.39 is 5.97 Å². The lowest BCUT2D eigenvalue weighted by Crippen LogP contribution is -2.40. The van der Waals surface area contributed by atoms with E-state index in [4.69, 9.17) is 16.7 Å². The minimum atomic E-state index is -1.03. The second kappa shape index (κ2) is 7.26. The van der Waals surface area contributed by atoms with Gasteiger partial charge in [-0.15, -0.1) is 0 Å². The summed E-state index contributed by atoms with van der Waals surface area (Å²) in [5.74, 6) is -1.39. The molecule has 1 aromatic rings. The van der Waals surface area contributed by atoms with Crippen molar-refractivity contribution in [3.8, 4) is 0 Å². The Balaban J connectivity index is 2.95. The molecule has 1 unspecified atom stereocenters. The average molecular weight is 314 g/mol. The second-order valence-electron chi connectivity index (χ2n) is 4.86. The molecule has 1 aromatic heterocycles. The fourth-order valence-corrected chi connectivity index (χ4v) is 2.14. The number of aryl methyl sites for hydroxylation is 2. The van der Waals surface area contributed by atoms with E-state index in [-0.39, 0.29) is 18.5 Å². The number of nitrogens with zero attached hydrogens (tertiary/aromatic N) is 3. The Morgan fingerprint density at radius 3 is 2.57 bits per heavy atom. The van der Waals surface area contributed by atoms with Crippen LogP contribution >= 0.6 is 11.6 Å². The van der Waals surface area contributed by atoms with E-state index in [1.165, 1.54) is 15.7 Å². The Labute approximate surface area is 129 Å². The second-order valence-corrected chi connectivity index (χ2v) is 5.22. The average Bonchev–Trinajstić information content (AvgIpc) is 2.66. The van der Waals surface area contributed by atoms with Crippen LogP contribution in [0.4, 0.5) is 0 Å². The zero-order valence-corrected chi connectivity index (χ0v) is 13.4. The summed E-state index contributed by atoms with van der Waals surface area (Å²) < 4.78 is 1.52. The normalized spacial score (nSPS) is 12.6. The molecule has 1 rings (SSSR count). The van der Waals surface area contributed by atoms with E-state index in [0.717, 1.165) is 0 Å². The van der Waals surface area contributed by atoms with Crippen molar-refractivity contribution in [1.29, 1.82) is 0 Å². The number of aliphatic carboxylic acids is 1. The topological polar surface area (TPSA) is 75.4 Å². The number of carboxylic acids is 1. The van der Waals surface area contributed by atoms with E-state index in [1.54, 1.807) is 20.0 Å². The molecule has 0 radical (unpaired) electrons. The highest BCUT2D eigenvalue weighted by Gasteiger charge is 2.20. The van der Waals surface area contributed by atoms with Crippen LogP contribution in [0.25, 0.3) is 6.08 Å². The molecule has 0 spiro atoms. The number of amides is 1. The molecule has 0 aromatic carbocycles. The number of carboxylic acid groups (broad SMARTS) is 1. The molecule has 7 heteroatoms. The minimum absolute atomic E-state index is 0.149. The lowest BCUT2D eigenvalue weighted by Gasteiger charge is -2.25. The van der Waals surface area contributed by atoms with Crippen LogP contribution in [0.1, 0.15) is 31.5 Å². The zero-order valence-electron chi connectivity index (χ0n) is 12.6. The van der Waals surface area contributed by atoms with Gasteiger partial charge in [0.25, 0.3) is 0 Å². The third kappa shape index (κ3) is 4.32. The van der Waals surface area contributed by atoms with Crippen LogP contribution in [-0.4, -0.2) is 44.3 Å². The molecule has 0 aliphatic carbocycles. The smallest absolute Gasteiger partial charge is 0.323 e. The number of aromatic nitrogens is 2. The van der Waals surface area contributed by atoms with Crippen molar-refractivity contribution in [1.82, 2.24) is 14.7 Å². The lowest BCUT2D eigenvalue weighted by atomic mass is 10.2. The fraction of sp³-hybridized carbons (Fsp3) is 0.500. The van der Waals surface area contributed by atoms with Crippen LogP contribution in [0.5, 0.6) is 0 Å². The first-order valence-electron chi connectivity index (χ1n) is 6.67. The van der Waals surface area contributed by atoms with Crippen molar-refractivity contribution in [3.05, 3.63) is 22.5 Å². The maximum absolute atomic E-state index is 12.2. The number of hydrogen-bond acceptors (Lipinski definition) is 3. The molecule has 0 saturated heterocycles. The quantitative estimate of drug-likeness (QED) is 0.816. The van der Waals surface area contributed by atoms with Gasteiger partial charge in [0.15, 0.2) is 0 Å². The van der Waals surface area contributed by atoms with Crippen molar-refractivity contribution in [2.75, 3.05) is 6.54 Å². The molecule has 6 nitrogen and oxygen atoms in total. The van der Waals surface area contributed by atoms with E-state index in [9.17, 15) is 9.59 Å². The van der Waals surface area contributed by atoms with Gasteiger partial charge in [-0.25, -0.2) is 0 Å². The summed E-state index contributed by atoms with van der Waals surface area (Å²) in [5.41, 5.74) is 1.37. The molecule has 0 aliphatic rings. The maximum atomic E-state index is 12.2. The first-order chi connectivity index (χ1) is 9.77. The number of carbonyl (C=O) groups is 2. The van der Waals surface area contributed by atoms with Crippen molar-refractivity contribution >= 4 is 29.6 Å². The SMILES string of the molecule is CCC(C)N(CC(=O)O)C(=O)/C=C/c1c(C)nn(C)c1Cl. The van der Waals surface area contributed by atoms with Gasteiger partial charge in [-0.2, -0.15) is 5.10 Å². The molecule has 1 atom stereocenters. The van der Waals surface area contributed by atoms with Gasteiger partial charge in [0.2, 0.25) is 5.91 Å². The first kappa shape index (κ1) is 17.2. The van der Waals surface area contributed by atoms with E-state index in [2.05, 4.69) is 5.10 Å². The Kier molecular flexibility index (Phi) is 5.96. The van der Waals surface area contributed by atoms with Crippen molar-refractivity contribution in [2.45, 2.75) is 33.2 Å². The van der Waals surface area contributed by atoms with Gasteiger partial charge in [-0.1, -0.05) is 18.5 Å². The lowest BCUT2D eigenvalue weighted by molar-refractivity contribution is -0.144. The van der Waals surface area contributed by atoms with Crippen LogP contribution in [0.3, 0.4) is 0 Å². The highest BCUT2D eigenvalue weighted by molar-refractivity contribution is 6.31. The van der Waals surface area contributed by atoms with Crippen LogP contribution in [0.2, 0.25) is 5.15 Å². The van der Waals surface area contributed by atoms with E-state index in [0.29, 0.717) is 22.8 Å². The Morgan fingerprint density at radius 2 is 2.14 bits per heavy atom. The van der Waals surface area contributed by atoms with Crippen LogP contribution < -0.4 is 0 Å². The molecule has 0 saturated carbocycles. The number of hydrogen-bond donors (Lipinski definition) is 1. The van der Waals surface area contributed by atoms with Crippen LogP contribution in [-0.2, 0) is 16.6 Å². The third-order valence-corrected chi connectivity index (χ3v) is 3.75. The standard InChI is InChI=1S/C14H20ClN3O3/c1-5-9(2)18(8-13(20)21)12(19)7-6-11-10(3)16-17(4)14(11)15/h6-7,9H,5,8H2,1-4H3,(H,20,21)/b7-6+. The molecular formula is C14H20ClN3O3. The molecule has 0 aliphatic heterocycles. The summed E-state index contributed by atoms with van der Waals surface area (Å²) in [7, 11) is 1.71.